The van der Waals surface area contributed by atoms with Crippen molar-refractivity contribution in [2.24, 2.45) is 5.92 Å². The molecule has 2 N–H and O–H groups in total. The number of aliphatic hydroxyl groups is 1. The van der Waals surface area contributed by atoms with E-state index in [1.54, 1.807) is 6.07 Å². The number of anilines is 1. The molecule has 5 nitrogen and oxygen atoms in total. The van der Waals surface area contributed by atoms with Crippen LogP contribution in [0, 0.1) is 11.7 Å². The first-order chi connectivity index (χ1) is 15.4. The van der Waals surface area contributed by atoms with Crippen LogP contribution in [0.25, 0.3) is 0 Å². The molecule has 2 fully saturated rings. The Balaban J connectivity index is 1.52. The Labute approximate surface area is 190 Å². The van der Waals surface area contributed by atoms with Gasteiger partial charge in [0.25, 0.3) is 0 Å². The zero-order chi connectivity index (χ0) is 22.7. The normalized spacial score (nSPS) is 18.8. The van der Waals surface area contributed by atoms with E-state index in [9.17, 15) is 14.3 Å². The van der Waals surface area contributed by atoms with Crippen LogP contribution in [0.5, 0.6) is 0 Å². The predicted octanol–water partition coefficient (Wildman–Crippen LogP) is 5.03. The Morgan fingerprint density at radius 3 is 2.47 bits per heavy atom. The fourth-order valence-electron chi connectivity index (χ4n) is 4.52. The number of rotatable bonds is 7. The zero-order valence-corrected chi connectivity index (χ0v) is 19.0. The predicted molar refractivity (Wildman–Crippen MR) is 125 cm³/mol. The van der Waals surface area contributed by atoms with E-state index in [0.29, 0.717) is 18.8 Å². The molecule has 1 saturated heterocycles. The molecule has 0 radical (unpaired) electrons. The van der Waals surface area contributed by atoms with Gasteiger partial charge in [0.05, 0.1) is 18.2 Å². The number of carbonyl (C=O) groups is 1. The molecule has 2 unspecified atom stereocenters. The lowest BCUT2D eigenvalue weighted by atomic mass is 10.0. The second-order valence-corrected chi connectivity index (χ2v) is 9.27. The van der Waals surface area contributed by atoms with Crippen molar-refractivity contribution in [2.75, 3.05) is 24.5 Å². The highest BCUT2D eigenvalue weighted by molar-refractivity contribution is 5.76. The van der Waals surface area contributed by atoms with Crippen molar-refractivity contribution in [3.8, 4) is 0 Å². The van der Waals surface area contributed by atoms with Crippen molar-refractivity contribution in [2.45, 2.75) is 57.7 Å². The number of aliphatic hydroxyl groups excluding tert-OH is 1. The largest absolute Gasteiger partial charge is 0.393 e. The first kappa shape index (κ1) is 22.6. The minimum Gasteiger partial charge on any atom is -0.393 e. The molecule has 2 aromatic carbocycles. The highest BCUT2D eigenvalue weighted by Crippen LogP contribution is 2.34. The second kappa shape index (κ2) is 9.90. The Hall–Kier alpha value is -2.60. The number of hydrogen-bond donors (Lipinski definition) is 2. The molecule has 0 spiro atoms. The summed E-state index contributed by atoms with van der Waals surface area (Å²) in [6, 6.07) is 14.4. The minimum atomic E-state index is -0.343. The smallest absolute Gasteiger partial charge is 0.318 e. The number of hydrogen-bond acceptors (Lipinski definition) is 3. The lowest BCUT2D eigenvalue weighted by molar-refractivity contribution is 0.145. The molecule has 1 aliphatic carbocycles. The van der Waals surface area contributed by atoms with Gasteiger partial charge in [-0.2, -0.15) is 0 Å². The van der Waals surface area contributed by atoms with E-state index >= 15 is 0 Å². The number of halogens is 1. The maximum Gasteiger partial charge on any atom is 0.318 e. The molecule has 32 heavy (non-hydrogen) atoms. The first-order valence-electron chi connectivity index (χ1n) is 11.8. The van der Waals surface area contributed by atoms with Gasteiger partial charge in [-0.3, -0.25) is 0 Å². The molecular weight excluding hydrogens is 405 g/mol. The van der Waals surface area contributed by atoms with Gasteiger partial charge in [-0.05, 0) is 69.2 Å². The standard InChI is InChI=1S/C26H34FN3O2/c1-18(24-16-22(27)10-11-25(24)29-14-12-23(31)13-15-29)28-26(32)30(17-20-8-9-20)19(2)21-6-4-3-5-7-21/h3-7,10-11,16,18-20,23,31H,8-9,12-15,17H2,1-2H3,(H,28,32). The quantitative estimate of drug-likeness (QED) is 0.636. The van der Waals surface area contributed by atoms with Gasteiger partial charge < -0.3 is 20.2 Å². The minimum absolute atomic E-state index is 0.0421. The number of amides is 2. The molecule has 4 rings (SSSR count). The van der Waals surface area contributed by atoms with Gasteiger partial charge in [-0.15, -0.1) is 0 Å². The van der Waals surface area contributed by atoms with Crippen molar-refractivity contribution in [3.05, 3.63) is 65.5 Å². The van der Waals surface area contributed by atoms with Gasteiger partial charge >= 0.3 is 6.03 Å². The topological polar surface area (TPSA) is 55.8 Å². The van der Waals surface area contributed by atoms with Gasteiger partial charge in [0.1, 0.15) is 5.82 Å². The average molecular weight is 440 g/mol. The average Bonchev–Trinajstić information content (AvgIpc) is 3.62. The lowest BCUT2D eigenvalue weighted by Crippen LogP contribution is -2.44. The summed E-state index contributed by atoms with van der Waals surface area (Å²) < 4.78 is 14.2. The Kier molecular flexibility index (Phi) is 6.99. The lowest BCUT2D eigenvalue weighted by Gasteiger charge is -2.35. The molecule has 2 amide bonds. The number of nitrogens with one attached hydrogen (secondary N) is 1. The summed E-state index contributed by atoms with van der Waals surface area (Å²) in [6.45, 7) is 6.15. The fraction of sp³-hybridized carbons (Fsp3) is 0.500. The molecule has 0 aromatic heterocycles. The number of benzene rings is 2. The van der Waals surface area contributed by atoms with Crippen LogP contribution in [0.1, 0.15) is 62.7 Å². The molecule has 0 bridgehead atoms. The van der Waals surface area contributed by atoms with Crippen LogP contribution in [0.3, 0.4) is 0 Å². The molecule has 6 heteroatoms. The van der Waals surface area contributed by atoms with Crippen LogP contribution in [-0.2, 0) is 0 Å². The maximum atomic E-state index is 14.2. The molecule has 172 valence electrons. The van der Waals surface area contributed by atoms with Crippen LogP contribution >= 0.6 is 0 Å². The SMILES string of the molecule is CC(NC(=O)N(CC1CC1)C(C)c1ccccc1)c1cc(F)ccc1N1CCC(O)CC1. The Bertz CT molecular complexity index is 911. The molecule has 1 aliphatic heterocycles. The fourth-order valence-corrected chi connectivity index (χ4v) is 4.52. The molecule has 1 saturated carbocycles. The van der Waals surface area contributed by atoms with Crippen molar-refractivity contribution in [1.82, 2.24) is 10.2 Å². The summed E-state index contributed by atoms with van der Waals surface area (Å²) in [6.07, 6.45) is 3.44. The Morgan fingerprint density at radius 2 is 1.81 bits per heavy atom. The molecule has 2 aliphatic rings. The van der Waals surface area contributed by atoms with Gasteiger partial charge in [0.15, 0.2) is 0 Å². The van der Waals surface area contributed by atoms with E-state index < -0.39 is 0 Å². The highest BCUT2D eigenvalue weighted by Gasteiger charge is 2.31. The molecular formula is C26H34FN3O2. The van der Waals surface area contributed by atoms with Gasteiger partial charge in [-0.1, -0.05) is 30.3 Å². The van der Waals surface area contributed by atoms with E-state index in [4.69, 9.17) is 0 Å². The molecule has 2 aromatic rings. The van der Waals surface area contributed by atoms with E-state index in [1.807, 2.05) is 30.0 Å². The third-order valence-corrected chi connectivity index (χ3v) is 6.76. The van der Waals surface area contributed by atoms with Crippen molar-refractivity contribution >= 4 is 11.7 Å². The third-order valence-electron chi connectivity index (χ3n) is 6.76. The van der Waals surface area contributed by atoms with Gasteiger partial charge in [0, 0.05) is 30.9 Å². The zero-order valence-electron chi connectivity index (χ0n) is 19.0. The summed E-state index contributed by atoms with van der Waals surface area (Å²) >= 11 is 0. The van der Waals surface area contributed by atoms with E-state index in [2.05, 4.69) is 29.3 Å². The number of nitrogens with zero attached hydrogens (tertiary/aromatic N) is 2. The summed E-state index contributed by atoms with van der Waals surface area (Å²) in [4.78, 5) is 17.5. The highest BCUT2D eigenvalue weighted by atomic mass is 19.1. The first-order valence-corrected chi connectivity index (χ1v) is 11.8. The van der Waals surface area contributed by atoms with E-state index in [0.717, 1.165) is 49.3 Å². The van der Waals surface area contributed by atoms with Crippen LogP contribution in [0.15, 0.2) is 48.5 Å². The summed E-state index contributed by atoms with van der Waals surface area (Å²) in [5.74, 6) is 0.251. The van der Waals surface area contributed by atoms with E-state index in [-0.39, 0.29) is 30.0 Å². The number of urea groups is 1. The van der Waals surface area contributed by atoms with Crippen LogP contribution in [0.2, 0.25) is 0 Å². The van der Waals surface area contributed by atoms with Gasteiger partial charge in [-0.25, -0.2) is 9.18 Å². The number of carbonyl (C=O) groups excluding carboxylic acids is 1. The third kappa shape index (κ3) is 5.41. The second-order valence-electron chi connectivity index (χ2n) is 9.27. The van der Waals surface area contributed by atoms with E-state index in [1.165, 1.54) is 12.1 Å². The number of piperidine rings is 1. The summed E-state index contributed by atoms with van der Waals surface area (Å²) in [7, 11) is 0. The summed E-state index contributed by atoms with van der Waals surface area (Å²) in [5, 5.41) is 13.0. The van der Waals surface area contributed by atoms with Crippen LogP contribution in [-0.4, -0.2) is 41.8 Å². The molecule has 1 heterocycles. The van der Waals surface area contributed by atoms with Crippen LogP contribution in [0.4, 0.5) is 14.9 Å². The van der Waals surface area contributed by atoms with Crippen molar-refractivity contribution in [3.63, 3.8) is 0 Å². The Morgan fingerprint density at radius 1 is 1.12 bits per heavy atom. The maximum absolute atomic E-state index is 14.2. The monoisotopic (exact) mass is 439 g/mol. The van der Waals surface area contributed by atoms with Crippen molar-refractivity contribution < 1.29 is 14.3 Å². The summed E-state index contributed by atoms with van der Waals surface area (Å²) in [5.41, 5.74) is 2.80. The van der Waals surface area contributed by atoms with Crippen LogP contribution < -0.4 is 10.2 Å². The molecule has 2 atom stereocenters. The van der Waals surface area contributed by atoms with Crippen molar-refractivity contribution in [1.29, 1.82) is 0 Å². The van der Waals surface area contributed by atoms with Gasteiger partial charge in [0.2, 0.25) is 0 Å².